The van der Waals surface area contributed by atoms with E-state index in [1.165, 1.54) is 11.8 Å². The lowest BCUT2D eigenvalue weighted by molar-refractivity contribution is -0.118. The smallest absolute Gasteiger partial charge is 0.246 e. The summed E-state index contributed by atoms with van der Waals surface area (Å²) in [6.45, 7) is 0.180. The Kier molecular flexibility index (Phi) is 6.73. The summed E-state index contributed by atoms with van der Waals surface area (Å²) in [6, 6.07) is 15.0. The monoisotopic (exact) mass is 403 g/mol. The number of carbonyl (C=O) groups is 1. The number of methoxy groups -OCH3 is 1. The Labute approximate surface area is 166 Å². The van der Waals surface area contributed by atoms with Gasteiger partial charge < -0.3 is 14.6 Å². The number of rotatable bonds is 8. The molecular weight excluding hydrogens is 386 g/mol. The number of carbonyl (C=O) groups excluding carboxylic acids is 1. The van der Waals surface area contributed by atoms with Crippen molar-refractivity contribution >= 4 is 29.3 Å². The molecule has 0 saturated heterocycles. The Morgan fingerprint density at radius 2 is 2.00 bits per heavy atom. The molecular formula is C19H18ClN3O3S. The van der Waals surface area contributed by atoms with Crippen molar-refractivity contribution in [2.75, 3.05) is 12.9 Å². The second-order valence-electron chi connectivity index (χ2n) is 5.61. The van der Waals surface area contributed by atoms with Gasteiger partial charge in [0, 0.05) is 11.3 Å². The molecule has 0 spiro atoms. The van der Waals surface area contributed by atoms with Crippen LogP contribution < -0.4 is 10.1 Å². The molecule has 0 aliphatic heterocycles. The zero-order chi connectivity index (χ0) is 19.1. The van der Waals surface area contributed by atoms with E-state index in [0.717, 1.165) is 17.1 Å². The topological polar surface area (TPSA) is 77.2 Å². The Hall–Kier alpha value is -2.51. The zero-order valence-corrected chi connectivity index (χ0v) is 16.2. The summed E-state index contributed by atoms with van der Waals surface area (Å²) < 4.78 is 10.3. The third kappa shape index (κ3) is 5.48. The van der Waals surface area contributed by atoms with Crippen molar-refractivity contribution in [3.63, 3.8) is 0 Å². The van der Waals surface area contributed by atoms with Crippen LogP contribution in [0.4, 0.5) is 0 Å². The quantitative estimate of drug-likeness (QED) is 0.613. The van der Waals surface area contributed by atoms with E-state index >= 15 is 0 Å². The van der Waals surface area contributed by atoms with E-state index in [-0.39, 0.29) is 12.5 Å². The number of halogens is 1. The molecule has 1 amide bonds. The molecule has 0 bridgehead atoms. The molecule has 0 saturated carbocycles. The zero-order valence-electron chi connectivity index (χ0n) is 14.6. The van der Waals surface area contributed by atoms with Gasteiger partial charge in [0.15, 0.2) is 0 Å². The van der Waals surface area contributed by atoms with Gasteiger partial charge in [0.2, 0.25) is 17.6 Å². The summed E-state index contributed by atoms with van der Waals surface area (Å²) in [7, 11) is 1.63. The first kappa shape index (κ1) is 19.3. The van der Waals surface area contributed by atoms with Crippen molar-refractivity contribution in [1.29, 1.82) is 0 Å². The van der Waals surface area contributed by atoms with Gasteiger partial charge in [0.05, 0.1) is 24.4 Å². The first-order valence-corrected chi connectivity index (χ1v) is 9.74. The molecule has 6 nitrogen and oxygen atoms in total. The largest absolute Gasteiger partial charge is 0.497 e. The standard InChI is InChI=1S/C19H18ClN3O3S/c1-25-14-8-6-13(7-9-14)11-27-12-17(24)21-10-18-22-19(23-26-18)15-4-2-3-5-16(15)20/h2-9H,10-12H2,1H3,(H,21,24). The van der Waals surface area contributed by atoms with Gasteiger partial charge in [0.25, 0.3) is 0 Å². The van der Waals surface area contributed by atoms with Crippen LogP contribution in [0.15, 0.2) is 53.1 Å². The summed E-state index contributed by atoms with van der Waals surface area (Å²) in [6.07, 6.45) is 0. The fourth-order valence-corrected chi connectivity index (χ4v) is 3.33. The second kappa shape index (κ2) is 9.43. The molecule has 27 heavy (non-hydrogen) atoms. The van der Waals surface area contributed by atoms with Crippen molar-refractivity contribution in [3.8, 4) is 17.1 Å². The SMILES string of the molecule is COc1ccc(CSCC(=O)NCc2nc(-c3ccccc3Cl)no2)cc1. The number of thioether (sulfide) groups is 1. The van der Waals surface area contributed by atoms with E-state index < -0.39 is 0 Å². The maximum atomic E-state index is 12.0. The second-order valence-corrected chi connectivity index (χ2v) is 7.00. The summed E-state index contributed by atoms with van der Waals surface area (Å²) >= 11 is 7.65. The lowest BCUT2D eigenvalue weighted by atomic mass is 10.2. The molecule has 1 N–H and O–H groups in total. The molecule has 0 aliphatic carbocycles. The van der Waals surface area contributed by atoms with Crippen LogP contribution in [0.3, 0.4) is 0 Å². The average molecular weight is 404 g/mol. The van der Waals surface area contributed by atoms with E-state index in [1.54, 1.807) is 13.2 Å². The molecule has 2 aromatic carbocycles. The van der Waals surface area contributed by atoms with Gasteiger partial charge in [-0.15, -0.1) is 11.8 Å². The van der Waals surface area contributed by atoms with Gasteiger partial charge in [-0.05, 0) is 29.8 Å². The third-order valence-electron chi connectivity index (χ3n) is 3.68. The maximum Gasteiger partial charge on any atom is 0.246 e. The van der Waals surface area contributed by atoms with Crippen molar-refractivity contribution < 1.29 is 14.1 Å². The summed E-state index contributed by atoms with van der Waals surface area (Å²) in [5.41, 5.74) is 1.82. The molecule has 8 heteroatoms. The molecule has 3 rings (SSSR count). The van der Waals surface area contributed by atoms with Crippen LogP contribution in [0.25, 0.3) is 11.4 Å². The highest BCUT2D eigenvalue weighted by molar-refractivity contribution is 7.99. The molecule has 3 aromatic rings. The van der Waals surface area contributed by atoms with Crippen LogP contribution in [0.2, 0.25) is 5.02 Å². The number of nitrogens with zero attached hydrogens (tertiary/aromatic N) is 2. The molecule has 140 valence electrons. The predicted molar refractivity (Wildman–Crippen MR) is 106 cm³/mol. The van der Waals surface area contributed by atoms with E-state index in [0.29, 0.717) is 28.1 Å². The summed E-state index contributed by atoms with van der Waals surface area (Å²) in [5, 5.41) is 7.22. The van der Waals surface area contributed by atoms with Gasteiger partial charge in [-0.1, -0.05) is 41.0 Å². The minimum Gasteiger partial charge on any atom is -0.497 e. The van der Waals surface area contributed by atoms with Crippen LogP contribution >= 0.6 is 23.4 Å². The van der Waals surface area contributed by atoms with Crippen molar-refractivity contribution in [2.24, 2.45) is 0 Å². The third-order valence-corrected chi connectivity index (χ3v) is 5.01. The number of nitrogens with one attached hydrogen (secondary N) is 1. The lowest BCUT2D eigenvalue weighted by Crippen LogP contribution is -2.24. The lowest BCUT2D eigenvalue weighted by Gasteiger charge is -2.04. The molecule has 0 atom stereocenters. The fraction of sp³-hybridized carbons (Fsp3) is 0.211. The molecule has 0 fully saturated rings. The van der Waals surface area contributed by atoms with Crippen molar-refractivity contribution in [1.82, 2.24) is 15.5 Å². The highest BCUT2D eigenvalue weighted by atomic mass is 35.5. The van der Waals surface area contributed by atoms with E-state index in [2.05, 4.69) is 15.5 Å². The van der Waals surface area contributed by atoms with Gasteiger partial charge >= 0.3 is 0 Å². The van der Waals surface area contributed by atoms with Gasteiger partial charge in [-0.2, -0.15) is 4.98 Å². The van der Waals surface area contributed by atoms with Crippen LogP contribution in [0, 0.1) is 0 Å². The van der Waals surface area contributed by atoms with E-state index in [4.69, 9.17) is 20.9 Å². The minimum atomic E-state index is -0.0917. The Morgan fingerprint density at radius 1 is 1.22 bits per heavy atom. The average Bonchev–Trinajstić information content (AvgIpc) is 3.16. The number of ether oxygens (including phenoxy) is 1. The van der Waals surface area contributed by atoms with Crippen molar-refractivity contribution in [3.05, 3.63) is 65.0 Å². The number of amides is 1. The Balaban J connectivity index is 1.43. The summed E-state index contributed by atoms with van der Waals surface area (Å²) in [5.74, 6) is 2.55. The maximum absolute atomic E-state index is 12.0. The first-order chi connectivity index (χ1) is 13.2. The Morgan fingerprint density at radius 3 is 2.74 bits per heavy atom. The van der Waals surface area contributed by atoms with Crippen LogP contribution in [0.1, 0.15) is 11.5 Å². The van der Waals surface area contributed by atoms with E-state index in [9.17, 15) is 4.79 Å². The normalized spacial score (nSPS) is 10.6. The first-order valence-electron chi connectivity index (χ1n) is 8.20. The fourth-order valence-electron chi connectivity index (χ4n) is 2.29. The molecule has 0 unspecified atom stereocenters. The summed E-state index contributed by atoms with van der Waals surface area (Å²) in [4.78, 5) is 16.2. The Bertz CT molecular complexity index is 899. The minimum absolute atomic E-state index is 0.0917. The van der Waals surface area contributed by atoms with Crippen LogP contribution in [-0.2, 0) is 17.1 Å². The van der Waals surface area contributed by atoms with Gasteiger partial charge in [-0.25, -0.2) is 0 Å². The van der Waals surface area contributed by atoms with Crippen LogP contribution in [-0.4, -0.2) is 28.9 Å². The number of benzene rings is 2. The number of hydrogen-bond acceptors (Lipinski definition) is 6. The number of aromatic nitrogens is 2. The van der Waals surface area contributed by atoms with Gasteiger partial charge in [0.1, 0.15) is 5.75 Å². The van der Waals surface area contributed by atoms with E-state index in [1.807, 2.05) is 42.5 Å². The van der Waals surface area contributed by atoms with Gasteiger partial charge in [-0.3, -0.25) is 4.79 Å². The predicted octanol–water partition coefficient (Wildman–Crippen LogP) is 3.95. The molecule has 1 heterocycles. The molecule has 1 aromatic heterocycles. The molecule has 0 radical (unpaired) electrons. The molecule has 0 aliphatic rings. The highest BCUT2D eigenvalue weighted by Crippen LogP contribution is 2.24. The van der Waals surface area contributed by atoms with Crippen molar-refractivity contribution in [2.45, 2.75) is 12.3 Å². The highest BCUT2D eigenvalue weighted by Gasteiger charge is 2.12. The number of hydrogen-bond donors (Lipinski definition) is 1. The van der Waals surface area contributed by atoms with Crippen LogP contribution in [0.5, 0.6) is 5.75 Å².